The highest BCUT2D eigenvalue weighted by atomic mass is 16.6. The summed E-state index contributed by atoms with van der Waals surface area (Å²) in [4.78, 5) is 38.9. The van der Waals surface area contributed by atoms with Crippen LogP contribution in [0.15, 0.2) is 6.33 Å². The number of anilines is 1. The summed E-state index contributed by atoms with van der Waals surface area (Å²) in [5.41, 5.74) is 6.67. The van der Waals surface area contributed by atoms with Gasteiger partial charge in [0.05, 0.1) is 12.9 Å². The van der Waals surface area contributed by atoms with Crippen LogP contribution in [0.1, 0.15) is 65.9 Å². The molecule has 2 amide bonds. The maximum atomic E-state index is 12.4. The lowest BCUT2D eigenvalue weighted by Crippen LogP contribution is -2.43. The third kappa shape index (κ3) is 6.41. The molecule has 2 aromatic heterocycles. The second-order valence-corrected chi connectivity index (χ2v) is 9.60. The molecule has 0 aromatic carbocycles. The largest absolute Gasteiger partial charge is 0.450 e. The molecule has 2 aromatic rings. The minimum atomic E-state index is -1.41. The SMILES string of the molecule is C.C.CCOC(=O)N1CCC(CC#Cc2nc(N)c3ncn([C@@H]4O[C@H](C(=O)NC5CC5)[C@H](O)C4O)c3n2)CC1. The van der Waals surface area contributed by atoms with Crippen LogP contribution in [0.2, 0.25) is 0 Å². The van der Waals surface area contributed by atoms with Crippen molar-refractivity contribution in [2.75, 3.05) is 25.4 Å². The second-order valence-electron chi connectivity index (χ2n) is 9.60. The number of aliphatic hydroxyl groups excluding tert-OH is 2. The summed E-state index contributed by atoms with van der Waals surface area (Å²) < 4.78 is 12.2. The molecule has 3 fully saturated rings. The number of rotatable bonds is 5. The fraction of sp³-hybridized carbons (Fsp3) is 0.654. The van der Waals surface area contributed by atoms with E-state index >= 15 is 0 Å². The molecule has 5 rings (SSSR count). The molecular weight excluding hydrogens is 506 g/mol. The predicted octanol–water partition coefficient (Wildman–Crippen LogP) is 1.19. The number of piperidine rings is 1. The minimum Gasteiger partial charge on any atom is -0.450 e. The van der Waals surface area contributed by atoms with Gasteiger partial charge in [0.2, 0.25) is 5.82 Å². The maximum Gasteiger partial charge on any atom is 0.409 e. The number of hydrogen-bond donors (Lipinski definition) is 4. The Morgan fingerprint density at radius 3 is 2.56 bits per heavy atom. The van der Waals surface area contributed by atoms with Gasteiger partial charge in [-0.15, -0.1) is 0 Å². The van der Waals surface area contributed by atoms with Crippen molar-refractivity contribution >= 4 is 29.0 Å². The Kier molecular flexibility index (Phi) is 9.71. The van der Waals surface area contributed by atoms with Crippen LogP contribution in [0.3, 0.4) is 0 Å². The van der Waals surface area contributed by atoms with E-state index in [1.165, 1.54) is 10.9 Å². The summed E-state index contributed by atoms with van der Waals surface area (Å²) in [5.74, 6) is 6.24. The van der Waals surface area contributed by atoms with E-state index in [-0.39, 0.29) is 44.3 Å². The summed E-state index contributed by atoms with van der Waals surface area (Å²) in [7, 11) is 0. The molecule has 2 saturated heterocycles. The number of carbonyl (C=O) groups is 2. The lowest BCUT2D eigenvalue weighted by molar-refractivity contribution is -0.137. The fourth-order valence-corrected chi connectivity index (χ4v) is 4.61. The summed E-state index contributed by atoms with van der Waals surface area (Å²) in [6.07, 6.45) is 0.0689. The van der Waals surface area contributed by atoms with Gasteiger partial charge in [-0.3, -0.25) is 9.36 Å². The van der Waals surface area contributed by atoms with E-state index in [1.807, 2.05) is 0 Å². The van der Waals surface area contributed by atoms with E-state index in [2.05, 4.69) is 32.1 Å². The average Bonchev–Trinajstić information content (AvgIpc) is 3.52. The zero-order chi connectivity index (χ0) is 26.1. The Morgan fingerprint density at radius 2 is 1.90 bits per heavy atom. The van der Waals surface area contributed by atoms with Gasteiger partial charge in [0.1, 0.15) is 17.7 Å². The van der Waals surface area contributed by atoms with Gasteiger partial charge < -0.3 is 35.6 Å². The van der Waals surface area contributed by atoms with E-state index < -0.39 is 30.4 Å². The van der Waals surface area contributed by atoms with Crippen LogP contribution in [0.5, 0.6) is 0 Å². The summed E-state index contributed by atoms with van der Waals surface area (Å²) in [5, 5.41) is 23.9. The zero-order valence-electron chi connectivity index (χ0n) is 20.5. The van der Waals surface area contributed by atoms with E-state index in [0.29, 0.717) is 37.6 Å². The third-order valence-corrected chi connectivity index (χ3v) is 6.87. The van der Waals surface area contributed by atoms with E-state index in [4.69, 9.17) is 15.2 Å². The van der Waals surface area contributed by atoms with Crippen molar-refractivity contribution in [2.24, 2.45) is 5.92 Å². The van der Waals surface area contributed by atoms with Gasteiger partial charge in [-0.2, -0.15) is 0 Å². The van der Waals surface area contributed by atoms with Crippen molar-refractivity contribution in [3.05, 3.63) is 12.2 Å². The first-order valence-corrected chi connectivity index (χ1v) is 12.6. The molecule has 214 valence electrons. The number of likely N-dealkylation sites (tertiary alicyclic amines) is 1. The van der Waals surface area contributed by atoms with Crippen molar-refractivity contribution in [3.8, 4) is 11.8 Å². The number of amides is 2. The van der Waals surface area contributed by atoms with Crippen LogP contribution in [-0.2, 0) is 14.3 Å². The van der Waals surface area contributed by atoms with Crippen molar-refractivity contribution < 1.29 is 29.3 Å². The Bertz CT molecular complexity index is 1230. The number of fused-ring (bicyclic) bond motifs is 1. The number of nitrogen functional groups attached to an aromatic ring is 1. The molecule has 0 spiro atoms. The smallest absolute Gasteiger partial charge is 0.409 e. The van der Waals surface area contributed by atoms with Crippen LogP contribution >= 0.6 is 0 Å². The Labute approximate surface area is 228 Å². The van der Waals surface area contributed by atoms with E-state index in [0.717, 1.165) is 25.7 Å². The molecule has 4 atom stereocenters. The predicted molar refractivity (Wildman–Crippen MR) is 143 cm³/mol. The van der Waals surface area contributed by atoms with Crippen LogP contribution < -0.4 is 11.1 Å². The summed E-state index contributed by atoms with van der Waals surface area (Å²) in [6, 6.07) is 0.0901. The summed E-state index contributed by atoms with van der Waals surface area (Å²) in [6.45, 7) is 3.42. The Morgan fingerprint density at radius 1 is 1.18 bits per heavy atom. The molecule has 13 heteroatoms. The highest BCUT2D eigenvalue weighted by Gasteiger charge is 2.48. The van der Waals surface area contributed by atoms with Crippen molar-refractivity contribution in [1.29, 1.82) is 0 Å². The first-order chi connectivity index (χ1) is 17.9. The van der Waals surface area contributed by atoms with Crippen LogP contribution in [0.25, 0.3) is 11.2 Å². The number of aliphatic hydroxyl groups is 2. The normalized spacial score (nSPS) is 24.7. The molecule has 1 saturated carbocycles. The van der Waals surface area contributed by atoms with Crippen molar-refractivity contribution in [2.45, 2.75) is 84.5 Å². The number of nitrogens with zero attached hydrogens (tertiary/aromatic N) is 5. The van der Waals surface area contributed by atoms with Gasteiger partial charge in [0, 0.05) is 25.6 Å². The van der Waals surface area contributed by atoms with Gasteiger partial charge in [-0.25, -0.2) is 19.7 Å². The number of hydrogen-bond acceptors (Lipinski definition) is 10. The number of aromatic nitrogens is 4. The topological polar surface area (TPSA) is 178 Å². The zero-order valence-corrected chi connectivity index (χ0v) is 20.5. The number of ether oxygens (including phenoxy) is 2. The van der Waals surface area contributed by atoms with Gasteiger partial charge >= 0.3 is 6.09 Å². The molecule has 39 heavy (non-hydrogen) atoms. The quantitative estimate of drug-likeness (QED) is 0.399. The molecular formula is C26H39N7O6. The lowest BCUT2D eigenvalue weighted by atomic mass is 9.94. The molecule has 5 N–H and O–H groups in total. The number of carbonyl (C=O) groups excluding carboxylic acids is 2. The standard InChI is InChI=1S/C24H31N7O6.2CH4/c1-2-36-24(35)30-10-8-13(9-11-30)4-3-5-15-28-20(25)16-21(29-15)31(12-26-16)23-18(33)17(32)19(37-23)22(34)27-14-6-7-14;;/h12-14,17-19,23,32-33H,2,4,6-11H2,1H3,(H,27,34)(H2,25,28,29);2*1H4/t17-,18?,19+,23-;;/m1../s1. The van der Waals surface area contributed by atoms with Gasteiger partial charge in [0.15, 0.2) is 23.8 Å². The first-order valence-electron chi connectivity index (χ1n) is 12.6. The van der Waals surface area contributed by atoms with Crippen molar-refractivity contribution in [1.82, 2.24) is 29.7 Å². The molecule has 0 radical (unpaired) electrons. The molecule has 3 aliphatic rings. The van der Waals surface area contributed by atoms with E-state index in [9.17, 15) is 19.8 Å². The lowest BCUT2D eigenvalue weighted by Gasteiger charge is -2.30. The fourth-order valence-electron chi connectivity index (χ4n) is 4.61. The number of nitrogens with two attached hydrogens (primary N) is 1. The number of imidazole rings is 1. The van der Waals surface area contributed by atoms with Crippen molar-refractivity contribution in [3.63, 3.8) is 0 Å². The molecule has 0 bridgehead atoms. The average molecular weight is 546 g/mol. The van der Waals surface area contributed by atoms with Crippen LogP contribution in [0.4, 0.5) is 10.6 Å². The Hall–Kier alpha value is -3.47. The summed E-state index contributed by atoms with van der Waals surface area (Å²) >= 11 is 0. The van der Waals surface area contributed by atoms with Gasteiger partial charge in [0.25, 0.3) is 5.91 Å². The van der Waals surface area contributed by atoms with Gasteiger partial charge in [-0.05, 0) is 44.4 Å². The van der Waals surface area contributed by atoms with E-state index in [1.54, 1.807) is 11.8 Å². The highest BCUT2D eigenvalue weighted by molar-refractivity contribution is 5.83. The molecule has 13 nitrogen and oxygen atoms in total. The minimum absolute atomic E-state index is 0. The monoisotopic (exact) mass is 545 g/mol. The maximum absolute atomic E-state index is 12.4. The van der Waals surface area contributed by atoms with Gasteiger partial charge in [-0.1, -0.05) is 20.8 Å². The molecule has 1 aliphatic carbocycles. The molecule has 1 unspecified atom stereocenters. The van der Waals surface area contributed by atoms with Crippen LogP contribution in [-0.4, -0.2) is 90.7 Å². The highest BCUT2D eigenvalue weighted by Crippen LogP contribution is 2.33. The van der Waals surface area contributed by atoms with Crippen LogP contribution in [0, 0.1) is 17.8 Å². The number of nitrogens with one attached hydrogen (secondary N) is 1. The Balaban J connectivity index is 0.00000210. The second kappa shape index (κ2) is 12.6. The molecule has 4 heterocycles. The molecule has 2 aliphatic heterocycles. The first kappa shape index (κ1) is 30.1. The third-order valence-electron chi connectivity index (χ3n) is 6.87.